The zero-order valence-electron chi connectivity index (χ0n) is 9.71. The molecule has 1 aromatic heterocycles. The number of aliphatic hydroxyl groups excluding tert-OH is 1. The summed E-state index contributed by atoms with van der Waals surface area (Å²) in [5.74, 6) is 0. The average Bonchev–Trinajstić information content (AvgIpc) is 2.39. The van der Waals surface area contributed by atoms with E-state index in [9.17, 15) is 5.11 Å². The third-order valence-corrected chi connectivity index (χ3v) is 3.45. The van der Waals surface area contributed by atoms with Crippen molar-refractivity contribution in [2.45, 2.75) is 18.9 Å². The molecule has 1 saturated heterocycles. The Hall–Kier alpha value is -1.61. The molecule has 1 aliphatic heterocycles. The summed E-state index contributed by atoms with van der Waals surface area (Å²) in [5, 5.41) is 12.0. The molecule has 3 heteroatoms. The lowest BCUT2D eigenvalue weighted by molar-refractivity contribution is 0.145. The van der Waals surface area contributed by atoms with Gasteiger partial charge in [0, 0.05) is 30.1 Å². The Bertz CT molecular complexity index is 513. The fraction of sp³-hybridized carbons (Fsp3) is 0.357. The summed E-state index contributed by atoms with van der Waals surface area (Å²) in [6.45, 7) is 1.83. The fourth-order valence-corrected chi connectivity index (χ4v) is 2.46. The number of aliphatic hydroxyl groups is 1. The van der Waals surface area contributed by atoms with Crippen LogP contribution in [0.3, 0.4) is 0 Å². The molecule has 88 valence electrons. The minimum Gasteiger partial charge on any atom is -0.393 e. The van der Waals surface area contributed by atoms with E-state index < -0.39 is 0 Å². The number of fused-ring (bicyclic) bond motifs is 1. The van der Waals surface area contributed by atoms with Gasteiger partial charge >= 0.3 is 0 Å². The predicted molar refractivity (Wildman–Crippen MR) is 69.2 cm³/mol. The lowest BCUT2D eigenvalue weighted by Gasteiger charge is -2.31. The van der Waals surface area contributed by atoms with Gasteiger partial charge in [-0.2, -0.15) is 0 Å². The Kier molecular flexibility index (Phi) is 2.69. The minimum absolute atomic E-state index is 0.130. The van der Waals surface area contributed by atoms with Crippen LogP contribution in [0.1, 0.15) is 12.8 Å². The van der Waals surface area contributed by atoms with Crippen molar-refractivity contribution in [1.29, 1.82) is 0 Å². The quantitative estimate of drug-likeness (QED) is 0.813. The molecule has 17 heavy (non-hydrogen) atoms. The zero-order valence-corrected chi connectivity index (χ0v) is 9.71. The number of aromatic nitrogens is 1. The number of pyridine rings is 1. The molecule has 1 aromatic carbocycles. The van der Waals surface area contributed by atoms with E-state index >= 15 is 0 Å². The molecule has 1 N–H and O–H groups in total. The van der Waals surface area contributed by atoms with E-state index in [1.54, 1.807) is 0 Å². The van der Waals surface area contributed by atoms with E-state index in [-0.39, 0.29) is 6.10 Å². The zero-order chi connectivity index (χ0) is 11.7. The molecule has 0 spiro atoms. The molecule has 2 aromatic rings. The molecular formula is C14H16N2O. The van der Waals surface area contributed by atoms with Crippen molar-refractivity contribution in [3.8, 4) is 0 Å². The molecule has 0 aliphatic carbocycles. The number of piperidine rings is 1. The average molecular weight is 228 g/mol. The van der Waals surface area contributed by atoms with Crippen LogP contribution in [0.25, 0.3) is 10.8 Å². The first-order valence-electron chi connectivity index (χ1n) is 6.10. The van der Waals surface area contributed by atoms with Gasteiger partial charge in [-0.15, -0.1) is 0 Å². The second-order valence-corrected chi connectivity index (χ2v) is 4.60. The highest BCUT2D eigenvalue weighted by Gasteiger charge is 2.18. The Morgan fingerprint density at radius 2 is 1.88 bits per heavy atom. The second kappa shape index (κ2) is 4.34. The molecule has 0 amide bonds. The van der Waals surface area contributed by atoms with Crippen LogP contribution in [0.4, 0.5) is 5.69 Å². The summed E-state index contributed by atoms with van der Waals surface area (Å²) in [7, 11) is 0. The number of hydrogen-bond donors (Lipinski definition) is 1. The van der Waals surface area contributed by atoms with Crippen LogP contribution in [-0.4, -0.2) is 29.3 Å². The first-order valence-corrected chi connectivity index (χ1v) is 6.10. The Labute approximate surface area is 101 Å². The number of rotatable bonds is 1. The van der Waals surface area contributed by atoms with Crippen LogP contribution >= 0.6 is 0 Å². The topological polar surface area (TPSA) is 36.4 Å². The van der Waals surface area contributed by atoms with Gasteiger partial charge in [-0.3, -0.25) is 4.98 Å². The van der Waals surface area contributed by atoms with Crippen LogP contribution < -0.4 is 4.90 Å². The van der Waals surface area contributed by atoms with Gasteiger partial charge in [0.05, 0.1) is 18.0 Å². The summed E-state index contributed by atoms with van der Waals surface area (Å²) in [6.07, 6.45) is 5.40. The molecule has 0 radical (unpaired) electrons. The SMILES string of the molecule is OC1CCN(c2cncc3ccccc23)CC1. The summed E-state index contributed by atoms with van der Waals surface area (Å²) >= 11 is 0. The monoisotopic (exact) mass is 228 g/mol. The number of anilines is 1. The van der Waals surface area contributed by atoms with Crippen LogP contribution in [0.15, 0.2) is 36.7 Å². The van der Waals surface area contributed by atoms with Gasteiger partial charge in [0.1, 0.15) is 0 Å². The molecule has 0 atom stereocenters. The van der Waals surface area contributed by atoms with Crippen molar-refractivity contribution in [3.05, 3.63) is 36.7 Å². The van der Waals surface area contributed by atoms with Gasteiger partial charge in [-0.05, 0) is 12.8 Å². The highest BCUT2D eigenvalue weighted by Crippen LogP contribution is 2.27. The molecule has 0 saturated carbocycles. The first-order chi connectivity index (χ1) is 8.34. The summed E-state index contributed by atoms with van der Waals surface area (Å²) < 4.78 is 0. The number of nitrogens with zero attached hydrogens (tertiary/aromatic N) is 2. The molecule has 1 aliphatic rings. The van der Waals surface area contributed by atoms with Gasteiger partial charge in [-0.1, -0.05) is 24.3 Å². The molecule has 3 nitrogen and oxygen atoms in total. The Balaban J connectivity index is 2.00. The molecule has 0 unspecified atom stereocenters. The maximum Gasteiger partial charge on any atom is 0.0632 e. The Morgan fingerprint density at radius 3 is 2.71 bits per heavy atom. The van der Waals surface area contributed by atoms with Crippen LogP contribution in [0.5, 0.6) is 0 Å². The van der Waals surface area contributed by atoms with Crippen LogP contribution in [0.2, 0.25) is 0 Å². The summed E-state index contributed by atoms with van der Waals surface area (Å²) in [4.78, 5) is 6.62. The first kappa shape index (κ1) is 10.5. The van der Waals surface area contributed by atoms with Crippen molar-refractivity contribution < 1.29 is 5.11 Å². The normalized spacial score (nSPS) is 17.6. The van der Waals surface area contributed by atoms with E-state index in [1.165, 1.54) is 16.5 Å². The minimum atomic E-state index is -0.130. The summed E-state index contributed by atoms with van der Waals surface area (Å²) in [5.41, 5.74) is 1.19. The van der Waals surface area contributed by atoms with E-state index in [0.717, 1.165) is 25.9 Å². The Morgan fingerprint density at radius 1 is 1.12 bits per heavy atom. The van der Waals surface area contributed by atoms with E-state index in [0.29, 0.717) is 0 Å². The number of hydrogen-bond acceptors (Lipinski definition) is 3. The van der Waals surface area contributed by atoms with Gasteiger partial charge in [0.2, 0.25) is 0 Å². The molecule has 3 rings (SSSR count). The van der Waals surface area contributed by atoms with Gasteiger partial charge < -0.3 is 10.0 Å². The van der Waals surface area contributed by atoms with E-state index in [1.807, 2.05) is 18.5 Å². The third-order valence-electron chi connectivity index (χ3n) is 3.45. The van der Waals surface area contributed by atoms with Crippen molar-refractivity contribution in [2.75, 3.05) is 18.0 Å². The van der Waals surface area contributed by atoms with Gasteiger partial charge in [0.25, 0.3) is 0 Å². The van der Waals surface area contributed by atoms with Crippen molar-refractivity contribution in [2.24, 2.45) is 0 Å². The highest BCUT2D eigenvalue weighted by molar-refractivity contribution is 5.93. The smallest absolute Gasteiger partial charge is 0.0632 e. The van der Waals surface area contributed by atoms with Gasteiger partial charge in [-0.25, -0.2) is 0 Å². The van der Waals surface area contributed by atoms with E-state index in [4.69, 9.17) is 0 Å². The third kappa shape index (κ3) is 1.98. The predicted octanol–water partition coefficient (Wildman–Crippen LogP) is 2.20. The highest BCUT2D eigenvalue weighted by atomic mass is 16.3. The maximum atomic E-state index is 9.54. The molecule has 1 fully saturated rings. The largest absolute Gasteiger partial charge is 0.393 e. The fourth-order valence-electron chi connectivity index (χ4n) is 2.46. The second-order valence-electron chi connectivity index (χ2n) is 4.60. The molecule has 2 heterocycles. The van der Waals surface area contributed by atoms with Crippen molar-refractivity contribution in [1.82, 2.24) is 4.98 Å². The van der Waals surface area contributed by atoms with Crippen LogP contribution in [-0.2, 0) is 0 Å². The van der Waals surface area contributed by atoms with Crippen LogP contribution in [0, 0.1) is 0 Å². The molecular weight excluding hydrogens is 212 g/mol. The van der Waals surface area contributed by atoms with Crippen molar-refractivity contribution >= 4 is 16.5 Å². The van der Waals surface area contributed by atoms with Gasteiger partial charge in [0.15, 0.2) is 0 Å². The molecule has 0 bridgehead atoms. The van der Waals surface area contributed by atoms with Crippen molar-refractivity contribution in [3.63, 3.8) is 0 Å². The lowest BCUT2D eigenvalue weighted by atomic mass is 10.1. The summed E-state index contributed by atoms with van der Waals surface area (Å²) in [6, 6.07) is 8.32. The maximum absolute atomic E-state index is 9.54. The van der Waals surface area contributed by atoms with E-state index in [2.05, 4.69) is 28.1 Å². The standard InChI is InChI=1S/C14H16N2O/c17-12-5-7-16(8-6-12)14-10-15-9-11-3-1-2-4-13(11)14/h1-4,9-10,12,17H,5-8H2. The lowest BCUT2D eigenvalue weighted by Crippen LogP contribution is -2.35. The number of benzene rings is 1.